The van der Waals surface area contributed by atoms with Crippen molar-refractivity contribution in [2.45, 2.75) is 64.8 Å². The molecule has 0 spiro atoms. The van der Waals surface area contributed by atoms with E-state index in [1.807, 2.05) is 11.8 Å². The average Bonchev–Trinajstić information content (AvgIpc) is 2.61. The predicted octanol–water partition coefficient (Wildman–Crippen LogP) is 4.22. The van der Waals surface area contributed by atoms with Crippen molar-refractivity contribution in [3.63, 3.8) is 0 Å². The van der Waals surface area contributed by atoms with E-state index >= 15 is 0 Å². The van der Waals surface area contributed by atoms with Gasteiger partial charge in [0.1, 0.15) is 0 Å². The Balaban J connectivity index is 0.00000364. The lowest BCUT2D eigenvalue weighted by Crippen LogP contribution is -2.51. The van der Waals surface area contributed by atoms with Crippen molar-refractivity contribution in [1.82, 2.24) is 4.90 Å². The summed E-state index contributed by atoms with van der Waals surface area (Å²) in [4.78, 5) is 27.1. The Labute approximate surface area is 169 Å². The van der Waals surface area contributed by atoms with Crippen LogP contribution in [0, 0.1) is 5.92 Å². The van der Waals surface area contributed by atoms with E-state index in [4.69, 9.17) is 5.73 Å². The van der Waals surface area contributed by atoms with E-state index in [2.05, 4.69) is 19.2 Å². The van der Waals surface area contributed by atoms with Crippen LogP contribution in [0.2, 0.25) is 0 Å². The Hall–Kier alpha value is -1.59. The summed E-state index contributed by atoms with van der Waals surface area (Å²) in [6.45, 7) is 7.65. The maximum atomic E-state index is 12.6. The molecule has 1 fully saturated rings. The van der Waals surface area contributed by atoms with Gasteiger partial charge in [-0.1, -0.05) is 26.7 Å². The van der Waals surface area contributed by atoms with Gasteiger partial charge < -0.3 is 16.0 Å². The molecule has 0 bridgehead atoms. The molecule has 1 aliphatic carbocycles. The number of hydrogen-bond donors (Lipinski definition) is 2. The number of carbonyl (C=O) groups is 2. The summed E-state index contributed by atoms with van der Waals surface area (Å²) >= 11 is 0. The highest BCUT2D eigenvalue weighted by atomic mass is 35.5. The zero-order valence-corrected chi connectivity index (χ0v) is 17.6. The van der Waals surface area contributed by atoms with Crippen molar-refractivity contribution in [2.75, 3.05) is 18.4 Å². The van der Waals surface area contributed by atoms with Gasteiger partial charge in [0.05, 0.1) is 5.92 Å². The maximum Gasteiger partial charge on any atom is 0.253 e. The van der Waals surface area contributed by atoms with Crippen LogP contribution in [0.4, 0.5) is 5.69 Å². The molecule has 152 valence electrons. The number of benzene rings is 1. The fourth-order valence-corrected chi connectivity index (χ4v) is 3.75. The van der Waals surface area contributed by atoms with Crippen molar-refractivity contribution in [3.05, 3.63) is 29.8 Å². The highest BCUT2D eigenvalue weighted by Gasteiger charge is 2.37. The quantitative estimate of drug-likeness (QED) is 0.725. The lowest BCUT2D eigenvalue weighted by molar-refractivity contribution is -0.122. The van der Waals surface area contributed by atoms with E-state index in [9.17, 15) is 9.59 Å². The van der Waals surface area contributed by atoms with Gasteiger partial charge in [0.2, 0.25) is 5.91 Å². The maximum absolute atomic E-state index is 12.6. The summed E-state index contributed by atoms with van der Waals surface area (Å²) in [5.41, 5.74) is 7.25. The molecule has 1 saturated carbocycles. The van der Waals surface area contributed by atoms with Crippen LogP contribution < -0.4 is 11.1 Å². The lowest BCUT2D eigenvalue weighted by atomic mass is 9.74. The van der Waals surface area contributed by atoms with E-state index in [-0.39, 0.29) is 30.1 Å². The molecule has 0 aliphatic heterocycles. The first-order chi connectivity index (χ1) is 12.4. The molecule has 3 N–H and O–H groups in total. The minimum Gasteiger partial charge on any atom is -0.339 e. The molecule has 0 radical (unpaired) electrons. The fraction of sp³-hybridized carbons (Fsp3) is 0.619. The fourth-order valence-electron chi connectivity index (χ4n) is 3.75. The lowest BCUT2D eigenvalue weighted by Gasteiger charge is -2.37. The number of hydrogen-bond acceptors (Lipinski definition) is 3. The second-order valence-electron chi connectivity index (χ2n) is 7.66. The van der Waals surface area contributed by atoms with Crippen LogP contribution >= 0.6 is 12.4 Å². The van der Waals surface area contributed by atoms with Gasteiger partial charge in [0.15, 0.2) is 0 Å². The molecule has 5 nitrogen and oxygen atoms in total. The zero-order chi connectivity index (χ0) is 19.2. The molecule has 1 aromatic carbocycles. The van der Waals surface area contributed by atoms with Crippen molar-refractivity contribution < 1.29 is 9.59 Å². The van der Waals surface area contributed by atoms with Crippen LogP contribution in [-0.2, 0) is 4.79 Å². The first kappa shape index (κ1) is 23.4. The standard InChI is InChI=1S/C21H33N3O2.ClH/c1-4-14-24(15-5-2)20(26)16-9-11-17(12-10-16)23-19(25)18-8-6-7-13-21(18,3)22;/h9-12,18H,4-8,13-15,22H2,1-3H3,(H,23,25);1H. The molecule has 2 rings (SSSR count). The van der Waals surface area contributed by atoms with Gasteiger partial charge in [-0.3, -0.25) is 9.59 Å². The van der Waals surface area contributed by atoms with E-state index in [1.54, 1.807) is 24.3 Å². The van der Waals surface area contributed by atoms with Crippen LogP contribution in [0.3, 0.4) is 0 Å². The number of rotatable bonds is 7. The molecule has 2 atom stereocenters. The third-order valence-corrected chi connectivity index (χ3v) is 5.24. The van der Waals surface area contributed by atoms with Crippen LogP contribution in [0.25, 0.3) is 0 Å². The van der Waals surface area contributed by atoms with Gasteiger partial charge in [-0.25, -0.2) is 0 Å². The van der Waals surface area contributed by atoms with E-state index in [0.29, 0.717) is 11.3 Å². The summed E-state index contributed by atoms with van der Waals surface area (Å²) in [6.07, 6.45) is 5.72. The minimum absolute atomic E-state index is 0. The zero-order valence-electron chi connectivity index (χ0n) is 16.8. The number of amides is 2. The second kappa shape index (κ2) is 10.7. The van der Waals surface area contributed by atoms with Gasteiger partial charge in [-0.05, 0) is 56.9 Å². The summed E-state index contributed by atoms with van der Waals surface area (Å²) in [5.74, 6) is -0.136. The SMILES string of the molecule is CCCN(CCC)C(=O)c1ccc(NC(=O)C2CCCCC2(C)N)cc1.Cl. The Morgan fingerprint density at radius 3 is 2.26 bits per heavy atom. The minimum atomic E-state index is -0.445. The average molecular weight is 396 g/mol. The van der Waals surface area contributed by atoms with Crippen LogP contribution in [0.1, 0.15) is 69.7 Å². The van der Waals surface area contributed by atoms with E-state index in [0.717, 1.165) is 51.6 Å². The Morgan fingerprint density at radius 1 is 1.15 bits per heavy atom. The van der Waals surface area contributed by atoms with Crippen molar-refractivity contribution in [1.29, 1.82) is 0 Å². The monoisotopic (exact) mass is 395 g/mol. The van der Waals surface area contributed by atoms with Gasteiger partial charge in [-0.15, -0.1) is 12.4 Å². The van der Waals surface area contributed by atoms with E-state index < -0.39 is 5.54 Å². The molecule has 1 aliphatic rings. The largest absolute Gasteiger partial charge is 0.339 e. The Kier molecular flexibility index (Phi) is 9.27. The highest BCUT2D eigenvalue weighted by molar-refractivity contribution is 5.96. The second-order valence-corrected chi connectivity index (χ2v) is 7.66. The summed E-state index contributed by atoms with van der Waals surface area (Å²) in [7, 11) is 0. The number of nitrogens with one attached hydrogen (secondary N) is 1. The molecule has 2 amide bonds. The number of anilines is 1. The topological polar surface area (TPSA) is 75.4 Å². The van der Waals surface area contributed by atoms with Gasteiger partial charge in [-0.2, -0.15) is 0 Å². The van der Waals surface area contributed by atoms with Gasteiger partial charge in [0.25, 0.3) is 5.91 Å². The Bertz CT molecular complexity index is 610. The number of nitrogens with zero attached hydrogens (tertiary/aromatic N) is 1. The molecular weight excluding hydrogens is 362 g/mol. The molecule has 0 aromatic heterocycles. The molecule has 27 heavy (non-hydrogen) atoms. The highest BCUT2D eigenvalue weighted by Crippen LogP contribution is 2.32. The Morgan fingerprint density at radius 2 is 1.74 bits per heavy atom. The predicted molar refractivity (Wildman–Crippen MR) is 113 cm³/mol. The molecule has 0 saturated heterocycles. The number of halogens is 1. The van der Waals surface area contributed by atoms with Gasteiger partial charge in [0, 0.05) is 29.9 Å². The van der Waals surface area contributed by atoms with Gasteiger partial charge >= 0.3 is 0 Å². The van der Waals surface area contributed by atoms with E-state index in [1.165, 1.54) is 0 Å². The third-order valence-electron chi connectivity index (χ3n) is 5.24. The summed E-state index contributed by atoms with van der Waals surface area (Å²) in [5, 5.41) is 2.97. The number of nitrogens with two attached hydrogens (primary N) is 1. The third kappa shape index (κ3) is 6.22. The summed E-state index contributed by atoms with van der Waals surface area (Å²) in [6, 6.07) is 7.19. The first-order valence-electron chi connectivity index (χ1n) is 9.88. The summed E-state index contributed by atoms with van der Waals surface area (Å²) < 4.78 is 0. The molecular formula is C21H34ClN3O2. The van der Waals surface area contributed by atoms with Crippen molar-refractivity contribution in [2.24, 2.45) is 11.7 Å². The molecule has 1 aromatic rings. The van der Waals surface area contributed by atoms with Crippen molar-refractivity contribution in [3.8, 4) is 0 Å². The van der Waals surface area contributed by atoms with Crippen LogP contribution in [-0.4, -0.2) is 35.3 Å². The van der Waals surface area contributed by atoms with Crippen LogP contribution in [0.5, 0.6) is 0 Å². The first-order valence-corrected chi connectivity index (χ1v) is 9.88. The normalized spacial score (nSPS) is 21.9. The number of carbonyl (C=O) groups excluding carboxylic acids is 2. The molecule has 6 heteroatoms. The molecule has 2 unspecified atom stereocenters. The smallest absolute Gasteiger partial charge is 0.253 e. The molecule has 0 heterocycles. The van der Waals surface area contributed by atoms with Crippen LogP contribution in [0.15, 0.2) is 24.3 Å². The van der Waals surface area contributed by atoms with Crippen molar-refractivity contribution >= 4 is 29.9 Å².